The molecule has 18 heavy (non-hydrogen) atoms. The van der Waals surface area contributed by atoms with Crippen LogP contribution in [0.3, 0.4) is 0 Å². The molecule has 1 unspecified atom stereocenters. The number of carboxylic acid groups (broad SMARTS) is 1. The van der Waals surface area contributed by atoms with E-state index in [1.165, 1.54) is 0 Å². The summed E-state index contributed by atoms with van der Waals surface area (Å²) in [6.07, 6.45) is 4.29. The van der Waals surface area contributed by atoms with E-state index in [4.69, 9.17) is 5.11 Å². The van der Waals surface area contributed by atoms with Crippen LogP contribution in [0, 0.1) is 5.92 Å². The molecule has 1 N–H and O–H groups in total. The lowest BCUT2D eigenvalue weighted by Crippen LogP contribution is -2.38. The van der Waals surface area contributed by atoms with Gasteiger partial charge in [-0.25, -0.2) is 0 Å². The van der Waals surface area contributed by atoms with E-state index in [-0.39, 0.29) is 12.3 Å². The van der Waals surface area contributed by atoms with Crippen LogP contribution >= 0.6 is 0 Å². The molecule has 1 atom stereocenters. The monoisotopic (exact) mass is 254 g/mol. The first-order valence-electron chi connectivity index (χ1n) is 6.76. The van der Waals surface area contributed by atoms with E-state index in [1.54, 1.807) is 0 Å². The second kappa shape index (κ2) is 5.69. The van der Waals surface area contributed by atoms with Crippen LogP contribution < -0.4 is 0 Å². The Morgan fingerprint density at radius 2 is 2.06 bits per heavy atom. The summed E-state index contributed by atoms with van der Waals surface area (Å²) in [5, 5.41) is 8.65. The summed E-state index contributed by atoms with van der Waals surface area (Å²) >= 11 is 0. The van der Waals surface area contributed by atoms with Crippen LogP contribution in [-0.4, -0.2) is 59.5 Å². The quantitative estimate of drug-likeness (QED) is 0.761. The van der Waals surface area contributed by atoms with Crippen LogP contribution in [0.15, 0.2) is 0 Å². The molecule has 1 aliphatic heterocycles. The van der Waals surface area contributed by atoms with Crippen molar-refractivity contribution < 1.29 is 14.7 Å². The van der Waals surface area contributed by atoms with Gasteiger partial charge in [-0.1, -0.05) is 0 Å². The van der Waals surface area contributed by atoms with Crippen molar-refractivity contribution in [1.82, 2.24) is 9.80 Å². The van der Waals surface area contributed by atoms with Gasteiger partial charge in [-0.15, -0.1) is 0 Å². The van der Waals surface area contributed by atoms with Crippen molar-refractivity contribution in [3.05, 3.63) is 0 Å². The lowest BCUT2D eigenvalue weighted by Gasteiger charge is -2.21. The van der Waals surface area contributed by atoms with Crippen LogP contribution in [0.4, 0.5) is 0 Å². The third-order valence-electron chi connectivity index (χ3n) is 3.98. The fourth-order valence-electron chi connectivity index (χ4n) is 2.59. The van der Waals surface area contributed by atoms with Gasteiger partial charge in [0.25, 0.3) is 0 Å². The fraction of sp³-hybridized carbons (Fsp3) is 0.846. The van der Waals surface area contributed by atoms with Gasteiger partial charge in [0.1, 0.15) is 0 Å². The Hall–Kier alpha value is -1.10. The first kappa shape index (κ1) is 13.3. The lowest BCUT2D eigenvalue weighted by molar-refractivity contribution is -0.137. The molecule has 2 aliphatic rings. The van der Waals surface area contributed by atoms with E-state index in [2.05, 4.69) is 4.90 Å². The van der Waals surface area contributed by atoms with E-state index in [9.17, 15) is 9.59 Å². The number of carboxylic acids is 1. The topological polar surface area (TPSA) is 60.9 Å². The molecule has 1 heterocycles. The number of likely N-dealkylation sites (tertiary alicyclic amines) is 1. The van der Waals surface area contributed by atoms with E-state index < -0.39 is 5.97 Å². The number of carbonyl (C=O) groups excluding carboxylic acids is 1. The van der Waals surface area contributed by atoms with Gasteiger partial charge in [-0.3, -0.25) is 14.5 Å². The second-order valence-corrected chi connectivity index (χ2v) is 5.56. The molecule has 1 amide bonds. The van der Waals surface area contributed by atoms with Crippen molar-refractivity contribution in [2.75, 3.05) is 26.7 Å². The molecule has 0 spiro atoms. The Balaban J connectivity index is 1.68. The predicted octanol–water partition coefficient (Wildman–Crippen LogP) is 0.794. The highest BCUT2D eigenvalue weighted by molar-refractivity contribution is 5.78. The van der Waals surface area contributed by atoms with Crippen molar-refractivity contribution in [3.63, 3.8) is 0 Å². The maximum absolute atomic E-state index is 11.9. The summed E-state index contributed by atoms with van der Waals surface area (Å²) in [5.74, 6) is -0.0745. The van der Waals surface area contributed by atoms with Gasteiger partial charge in [0.15, 0.2) is 0 Å². The molecular weight excluding hydrogens is 232 g/mol. The highest BCUT2D eigenvalue weighted by Gasteiger charge is 2.31. The number of nitrogens with zero attached hydrogens (tertiary/aromatic N) is 2. The summed E-state index contributed by atoms with van der Waals surface area (Å²) in [5.41, 5.74) is 0. The zero-order valence-corrected chi connectivity index (χ0v) is 11.0. The van der Waals surface area contributed by atoms with Gasteiger partial charge >= 0.3 is 5.97 Å². The second-order valence-electron chi connectivity index (χ2n) is 5.56. The first-order valence-corrected chi connectivity index (χ1v) is 6.76. The normalized spacial score (nSPS) is 24.2. The van der Waals surface area contributed by atoms with Crippen molar-refractivity contribution in [1.29, 1.82) is 0 Å². The molecule has 5 heteroatoms. The Kier molecular flexibility index (Phi) is 4.22. The summed E-state index contributed by atoms with van der Waals surface area (Å²) in [7, 11) is 1.89. The molecule has 2 fully saturated rings. The van der Waals surface area contributed by atoms with Crippen molar-refractivity contribution >= 4 is 11.9 Å². The molecule has 0 aromatic heterocycles. The largest absolute Gasteiger partial charge is 0.481 e. The molecule has 1 aliphatic carbocycles. The number of hydrogen-bond acceptors (Lipinski definition) is 3. The number of rotatable bonds is 6. The maximum Gasteiger partial charge on any atom is 0.303 e. The average molecular weight is 254 g/mol. The maximum atomic E-state index is 11.9. The number of carbonyl (C=O) groups is 2. The summed E-state index contributed by atoms with van der Waals surface area (Å²) in [6.45, 7) is 2.29. The van der Waals surface area contributed by atoms with Crippen LogP contribution in [0.2, 0.25) is 0 Å². The lowest BCUT2D eigenvalue weighted by atomic mass is 10.0. The minimum atomic E-state index is -0.724. The third kappa shape index (κ3) is 3.70. The zero-order chi connectivity index (χ0) is 13.1. The van der Waals surface area contributed by atoms with Crippen molar-refractivity contribution in [2.24, 2.45) is 5.92 Å². The SMILES string of the molecule is CN(C(=O)CN1CCC(CCC(=O)O)C1)C1CC1. The molecule has 102 valence electrons. The molecular formula is C13H22N2O3. The Morgan fingerprint density at radius 1 is 1.33 bits per heavy atom. The van der Waals surface area contributed by atoms with Gasteiger partial charge in [0.05, 0.1) is 6.54 Å². The number of aliphatic carboxylic acids is 1. The van der Waals surface area contributed by atoms with Gasteiger partial charge in [0, 0.05) is 26.1 Å². The highest BCUT2D eigenvalue weighted by Crippen LogP contribution is 2.26. The van der Waals surface area contributed by atoms with Crippen LogP contribution in [0.25, 0.3) is 0 Å². The Bertz CT molecular complexity index is 328. The van der Waals surface area contributed by atoms with E-state index in [0.29, 0.717) is 18.5 Å². The number of hydrogen-bond donors (Lipinski definition) is 1. The summed E-state index contributed by atoms with van der Waals surface area (Å²) in [4.78, 5) is 26.5. The smallest absolute Gasteiger partial charge is 0.303 e. The van der Waals surface area contributed by atoms with Crippen LogP contribution in [-0.2, 0) is 9.59 Å². The van der Waals surface area contributed by atoms with Gasteiger partial charge in [-0.2, -0.15) is 0 Å². The minimum Gasteiger partial charge on any atom is -0.481 e. The fourth-order valence-corrected chi connectivity index (χ4v) is 2.59. The molecule has 0 bridgehead atoms. The van der Waals surface area contributed by atoms with E-state index in [0.717, 1.165) is 38.8 Å². The van der Waals surface area contributed by atoms with Crippen LogP contribution in [0.5, 0.6) is 0 Å². The highest BCUT2D eigenvalue weighted by atomic mass is 16.4. The van der Waals surface area contributed by atoms with Crippen molar-refractivity contribution in [2.45, 2.75) is 38.1 Å². The predicted molar refractivity (Wildman–Crippen MR) is 67.2 cm³/mol. The molecule has 2 rings (SSSR count). The molecule has 0 aromatic carbocycles. The van der Waals surface area contributed by atoms with Gasteiger partial charge < -0.3 is 10.0 Å². The number of amides is 1. The zero-order valence-electron chi connectivity index (χ0n) is 11.0. The molecule has 0 radical (unpaired) electrons. The molecule has 1 saturated heterocycles. The van der Waals surface area contributed by atoms with Crippen LogP contribution in [0.1, 0.15) is 32.1 Å². The molecule has 5 nitrogen and oxygen atoms in total. The molecule has 0 aromatic rings. The Morgan fingerprint density at radius 3 is 2.67 bits per heavy atom. The Labute approximate surface area is 108 Å². The average Bonchev–Trinajstić information content (AvgIpc) is 3.07. The number of likely N-dealkylation sites (N-methyl/N-ethyl adjacent to an activating group) is 1. The first-order chi connectivity index (χ1) is 8.56. The minimum absolute atomic E-state index is 0.205. The van der Waals surface area contributed by atoms with Gasteiger partial charge in [-0.05, 0) is 38.1 Å². The van der Waals surface area contributed by atoms with Gasteiger partial charge in [0.2, 0.25) is 5.91 Å². The molecule has 1 saturated carbocycles. The summed E-state index contributed by atoms with van der Waals surface area (Å²) in [6, 6.07) is 0.475. The van der Waals surface area contributed by atoms with E-state index in [1.807, 2.05) is 11.9 Å². The van der Waals surface area contributed by atoms with E-state index >= 15 is 0 Å². The standard InChI is InChI=1S/C13H22N2O3/c1-14(11-3-4-11)12(16)9-15-7-6-10(8-15)2-5-13(17)18/h10-11H,2-9H2,1H3,(H,17,18). The van der Waals surface area contributed by atoms with Crippen molar-refractivity contribution in [3.8, 4) is 0 Å². The third-order valence-corrected chi connectivity index (χ3v) is 3.98. The summed E-state index contributed by atoms with van der Waals surface area (Å²) < 4.78 is 0.